The molecule has 236 valence electrons. The molecule has 5 atom stereocenters. The number of carbonyl (C=O) groups is 5. The highest BCUT2D eigenvalue weighted by molar-refractivity contribution is 5.95. The van der Waals surface area contributed by atoms with Gasteiger partial charge in [0.25, 0.3) is 5.91 Å². The first-order valence-corrected chi connectivity index (χ1v) is 15.2. The molecule has 0 aliphatic carbocycles. The summed E-state index contributed by atoms with van der Waals surface area (Å²) < 4.78 is 5.61. The van der Waals surface area contributed by atoms with Gasteiger partial charge in [-0.3, -0.25) is 24.0 Å². The highest BCUT2D eigenvalue weighted by Crippen LogP contribution is 2.22. The number of methoxy groups -OCH3 is 1. The first-order chi connectivity index (χ1) is 21.1. The molecular formula is C33H43N5O6. The molecule has 11 nitrogen and oxygen atoms in total. The van der Waals surface area contributed by atoms with Crippen LogP contribution in [0.4, 0.5) is 0 Å². The number of nitrogens with one attached hydrogen (secondary N) is 3. The lowest BCUT2D eigenvalue weighted by Gasteiger charge is -2.32. The number of ether oxygens (including phenoxy) is 1. The standard InChI is InChI=1S/C33H43N5O6/c1-21(2)28-31(41)35-25(18-23-12-7-5-8-13-23)19-37(33(43)29(44-4)24-14-9-6-10-15-24)20-27(39)34-22(3)32(42)38-17-11-16-26(38)30(40)36-28/h5-10,12-15,21-22,25-26,28-29H,11,16-20H2,1-4H3,(H,34,39)(H,35,41)(H,36,40)/t22-,25-,26+,28-,29+/m0/s1. The van der Waals surface area contributed by atoms with Crippen molar-refractivity contribution >= 4 is 29.5 Å². The Morgan fingerprint density at radius 2 is 1.59 bits per heavy atom. The number of fused-ring (bicyclic) bond motifs is 1. The van der Waals surface area contributed by atoms with Gasteiger partial charge in [-0.1, -0.05) is 74.5 Å². The molecule has 2 aliphatic rings. The first kappa shape index (κ1) is 32.7. The number of nitrogens with zero attached hydrogens (tertiary/aromatic N) is 2. The second-order valence-electron chi connectivity index (χ2n) is 11.8. The third-order valence-corrected chi connectivity index (χ3v) is 8.15. The van der Waals surface area contributed by atoms with E-state index < -0.39 is 59.8 Å². The Morgan fingerprint density at radius 1 is 0.932 bits per heavy atom. The van der Waals surface area contributed by atoms with E-state index in [9.17, 15) is 24.0 Å². The molecule has 0 bridgehead atoms. The first-order valence-electron chi connectivity index (χ1n) is 15.2. The molecule has 3 N–H and O–H groups in total. The van der Waals surface area contributed by atoms with Crippen LogP contribution in [0.2, 0.25) is 0 Å². The van der Waals surface area contributed by atoms with Crippen LogP contribution in [0.1, 0.15) is 50.8 Å². The van der Waals surface area contributed by atoms with Crippen LogP contribution in [0.15, 0.2) is 60.7 Å². The number of benzene rings is 2. The maximum atomic E-state index is 14.0. The van der Waals surface area contributed by atoms with Gasteiger partial charge in [0, 0.05) is 20.2 Å². The van der Waals surface area contributed by atoms with Gasteiger partial charge in [-0.15, -0.1) is 0 Å². The molecule has 5 amide bonds. The molecule has 0 spiro atoms. The minimum Gasteiger partial charge on any atom is -0.367 e. The summed E-state index contributed by atoms with van der Waals surface area (Å²) in [4.78, 5) is 70.9. The zero-order chi connectivity index (χ0) is 31.8. The van der Waals surface area contributed by atoms with Crippen LogP contribution in [-0.2, 0) is 35.1 Å². The largest absolute Gasteiger partial charge is 0.367 e. The van der Waals surface area contributed by atoms with Gasteiger partial charge in [-0.2, -0.15) is 0 Å². The van der Waals surface area contributed by atoms with E-state index >= 15 is 0 Å². The summed E-state index contributed by atoms with van der Waals surface area (Å²) in [6.07, 6.45) is 0.459. The molecule has 2 aliphatic heterocycles. The van der Waals surface area contributed by atoms with Crippen LogP contribution in [-0.4, -0.2) is 90.2 Å². The van der Waals surface area contributed by atoms with Crippen molar-refractivity contribution < 1.29 is 28.7 Å². The van der Waals surface area contributed by atoms with Crippen molar-refractivity contribution in [1.29, 1.82) is 0 Å². The van der Waals surface area contributed by atoms with Crippen molar-refractivity contribution in [2.24, 2.45) is 5.92 Å². The summed E-state index contributed by atoms with van der Waals surface area (Å²) >= 11 is 0. The number of carbonyl (C=O) groups excluding carboxylic acids is 5. The molecule has 0 unspecified atom stereocenters. The topological polar surface area (TPSA) is 137 Å². The Kier molecular flexibility index (Phi) is 11.1. The molecule has 2 heterocycles. The van der Waals surface area contributed by atoms with Crippen LogP contribution in [0.25, 0.3) is 0 Å². The van der Waals surface area contributed by atoms with E-state index in [2.05, 4.69) is 16.0 Å². The summed E-state index contributed by atoms with van der Waals surface area (Å²) in [6, 6.07) is 15.3. The monoisotopic (exact) mass is 605 g/mol. The molecule has 2 aromatic carbocycles. The van der Waals surface area contributed by atoms with Crippen molar-refractivity contribution in [2.75, 3.05) is 26.7 Å². The summed E-state index contributed by atoms with van der Waals surface area (Å²) in [6.45, 7) is 5.23. The Labute approximate surface area is 258 Å². The van der Waals surface area contributed by atoms with Crippen molar-refractivity contribution in [3.8, 4) is 0 Å². The zero-order valence-corrected chi connectivity index (χ0v) is 25.8. The van der Waals surface area contributed by atoms with Crippen molar-refractivity contribution in [3.63, 3.8) is 0 Å². The van der Waals surface area contributed by atoms with Gasteiger partial charge in [0.1, 0.15) is 18.1 Å². The fourth-order valence-electron chi connectivity index (χ4n) is 5.88. The quantitative estimate of drug-likeness (QED) is 0.458. The number of hydrogen-bond acceptors (Lipinski definition) is 6. The minimum absolute atomic E-state index is 0.0184. The Bertz CT molecular complexity index is 1320. The fraction of sp³-hybridized carbons (Fsp3) is 0.485. The van der Waals surface area contributed by atoms with E-state index in [1.165, 1.54) is 16.9 Å². The number of rotatable bonds is 6. The summed E-state index contributed by atoms with van der Waals surface area (Å²) in [7, 11) is 1.43. The van der Waals surface area contributed by atoms with Gasteiger partial charge in [0.2, 0.25) is 23.6 Å². The Balaban J connectivity index is 1.73. The van der Waals surface area contributed by atoms with Gasteiger partial charge < -0.3 is 30.5 Å². The van der Waals surface area contributed by atoms with E-state index in [4.69, 9.17) is 4.74 Å². The second kappa shape index (κ2) is 15.0. The Morgan fingerprint density at radius 3 is 2.23 bits per heavy atom. The van der Waals surface area contributed by atoms with Gasteiger partial charge >= 0.3 is 0 Å². The average Bonchev–Trinajstić information content (AvgIpc) is 3.50. The van der Waals surface area contributed by atoms with Crippen LogP contribution < -0.4 is 16.0 Å². The third kappa shape index (κ3) is 8.02. The predicted octanol–water partition coefficient (Wildman–Crippen LogP) is 1.58. The summed E-state index contributed by atoms with van der Waals surface area (Å²) in [5.41, 5.74) is 1.54. The molecule has 4 rings (SSSR count). The molecular weight excluding hydrogens is 562 g/mol. The lowest BCUT2D eigenvalue weighted by atomic mass is 10.00. The molecule has 2 aromatic rings. The maximum absolute atomic E-state index is 14.0. The smallest absolute Gasteiger partial charge is 0.256 e. The van der Waals surface area contributed by atoms with E-state index in [0.29, 0.717) is 31.4 Å². The van der Waals surface area contributed by atoms with E-state index in [1.54, 1.807) is 31.2 Å². The van der Waals surface area contributed by atoms with E-state index in [1.807, 2.05) is 50.2 Å². The molecule has 2 fully saturated rings. The summed E-state index contributed by atoms with van der Waals surface area (Å²) in [5, 5.41) is 8.67. The molecule has 0 aromatic heterocycles. The predicted molar refractivity (Wildman–Crippen MR) is 164 cm³/mol. The normalized spacial score (nSPS) is 24.5. The minimum atomic E-state index is -0.994. The number of amides is 5. The third-order valence-electron chi connectivity index (χ3n) is 8.15. The maximum Gasteiger partial charge on any atom is 0.256 e. The molecule has 2 saturated heterocycles. The highest BCUT2D eigenvalue weighted by Gasteiger charge is 2.39. The van der Waals surface area contributed by atoms with E-state index in [0.717, 1.165) is 5.56 Å². The average molecular weight is 606 g/mol. The van der Waals surface area contributed by atoms with Crippen molar-refractivity contribution in [2.45, 2.75) is 70.3 Å². The van der Waals surface area contributed by atoms with Gasteiger partial charge in [-0.05, 0) is 43.2 Å². The number of hydrogen-bond donors (Lipinski definition) is 3. The lowest BCUT2D eigenvalue weighted by Crippen LogP contribution is -2.58. The summed E-state index contributed by atoms with van der Waals surface area (Å²) in [5.74, 6) is -2.46. The van der Waals surface area contributed by atoms with Crippen LogP contribution >= 0.6 is 0 Å². The van der Waals surface area contributed by atoms with Crippen LogP contribution in [0.5, 0.6) is 0 Å². The van der Waals surface area contributed by atoms with E-state index in [-0.39, 0.29) is 19.0 Å². The molecule has 44 heavy (non-hydrogen) atoms. The Hall–Kier alpha value is -4.25. The van der Waals surface area contributed by atoms with Crippen molar-refractivity contribution in [1.82, 2.24) is 25.8 Å². The highest BCUT2D eigenvalue weighted by atomic mass is 16.5. The van der Waals surface area contributed by atoms with Crippen LogP contribution in [0.3, 0.4) is 0 Å². The SMILES string of the molecule is CO[C@@H](C(=O)N1CC(=O)N[C@@H](C)C(=O)N2CCC[C@@H]2C(=O)N[C@@H](C(C)C)C(=O)N[C@@H](Cc2ccccc2)C1)c1ccccc1. The molecule has 11 heteroatoms. The van der Waals surface area contributed by atoms with Gasteiger partial charge in [0.05, 0.1) is 12.6 Å². The second-order valence-corrected chi connectivity index (χ2v) is 11.8. The van der Waals surface area contributed by atoms with Gasteiger partial charge in [0.15, 0.2) is 6.10 Å². The van der Waals surface area contributed by atoms with Crippen molar-refractivity contribution in [3.05, 3.63) is 71.8 Å². The molecule has 0 saturated carbocycles. The van der Waals surface area contributed by atoms with Gasteiger partial charge in [-0.25, -0.2) is 0 Å². The molecule has 0 radical (unpaired) electrons. The zero-order valence-electron chi connectivity index (χ0n) is 25.8. The fourth-order valence-corrected chi connectivity index (χ4v) is 5.88. The lowest BCUT2D eigenvalue weighted by molar-refractivity contribution is -0.146. The van der Waals surface area contributed by atoms with Crippen LogP contribution in [0, 0.1) is 5.92 Å².